The number of carbonyl (C=O) groups is 1. The Labute approximate surface area is 273 Å². The van der Waals surface area contributed by atoms with Crippen LogP contribution < -0.4 is 15.4 Å². The molecule has 3 N–H and O–H groups in total. The minimum atomic E-state index is -4.75. The number of fused-ring (bicyclic) bond motifs is 1. The quantitative estimate of drug-likeness (QED) is 0.191. The zero-order valence-electron chi connectivity index (χ0n) is 26.2. The monoisotopic (exact) mass is 663 g/mol. The van der Waals surface area contributed by atoms with Crippen LogP contribution in [-0.2, 0) is 17.5 Å². The number of piperidine rings is 1. The Kier molecular flexibility index (Phi) is 9.03. The van der Waals surface area contributed by atoms with Crippen molar-refractivity contribution in [2.75, 3.05) is 37.4 Å². The molecule has 0 radical (unpaired) electrons. The standard InChI is InChI=1S/C34H33F4N7O3/c1-20(47)44(27-12-8-24(15-26(27)35)34(36,37)38)28-11-7-23(14-29(28)48-2)31-30-32(39)40-19-41-33(30)45(42-31)25-9-5-21(6-10-25)16-43-13-3-4-22(17-43)18-46/h5-12,14-15,19,22,46H,3-4,13,16-18H2,1-2H3,(H2,39,40,41). The summed E-state index contributed by atoms with van der Waals surface area (Å²) in [5.41, 5.74) is 8.10. The van der Waals surface area contributed by atoms with Gasteiger partial charge in [-0.05, 0) is 73.3 Å². The predicted molar refractivity (Wildman–Crippen MR) is 172 cm³/mol. The molecule has 1 saturated heterocycles. The third-order valence-electron chi connectivity index (χ3n) is 8.47. The fourth-order valence-corrected chi connectivity index (χ4v) is 6.14. The number of anilines is 3. The minimum absolute atomic E-state index is 0.106. The summed E-state index contributed by atoms with van der Waals surface area (Å²) in [6.07, 6.45) is -1.32. The van der Waals surface area contributed by atoms with Gasteiger partial charge >= 0.3 is 6.18 Å². The topological polar surface area (TPSA) is 123 Å². The highest BCUT2D eigenvalue weighted by molar-refractivity contribution is 6.02. The van der Waals surface area contributed by atoms with Gasteiger partial charge in [0.2, 0.25) is 5.91 Å². The van der Waals surface area contributed by atoms with Gasteiger partial charge in [-0.2, -0.15) is 18.3 Å². The van der Waals surface area contributed by atoms with Crippen LogP contribution in [0.3, 0.4) is 0 Å². The van der Waals surface area contributed by atoms with E-state index in [1.807, 2.05) is 24.3 Å². The lowest BCUT2D eigenvalue weighted by atomic mass is 9.98. The van der Waals surface area contributed by atoms with Crippen molar-refractivity contribution in [2.24, 2.45) is 5.92 Å². The molecule has 1 aliphatic rings. The van der Waals surface area contributed by atoms with Crippen molar-refractivity contribution in [1.82, 2.24) is 24.6 Å². The first-order valence-electron chi connectivity index (χ1n) is 15.3. The molecule has 1 atom stereocenters. The van der Waals surface area contributed by atoms with E-state index in [0.717, 1.165) is 54.7 Å². The number of aromatic nitrogens is 4. The van der Waals surface area contributed by atoms with Gasteiger partial charge in [0.05, 0.1) is 35.1 Å². The maximum absolute atomic E-state index is 15.0. The van der Waals surface area contributed by atoms with E-state index >= 15 is 4.39 Å². The molecule has 10 nitrogen and oxygen atoms in total. The van der Waals surface area contributed by atoms with Crippen LogP contribution in [0.5, 0.6) is 5.75 Å². The average molecular weight is 664 g/mol. The lowest BCUT2D eigenvalue weighted by Gasteiger charge is -2.31. The number of halogens is 4. The lowest BCUT2D eigenvalue weighted by Crippen LogP contribution is -2.36. The Morgan fingerprint density at radius 1 is 1.08 bits per heavy atom. The molecule has 5 aromatic rings. The summed E-state index contributed by atoms with van der Waals surface area (Å²) < 4.78 is 61.8. The number of rotatable bonds is 8. The molecule has 3 heterocycles. The van der Waals surface area contributed by atoms with Gasteiger partial charge in [0.1, 0.15) is 29.4 Å². The van der Waals surface area contributed by atoms with Crippen molar-refractivity contribution >= 4 is 34.1 Å². The van der Waals surface area contributed by atoms with Crippen molar-refractivity contribution in [1.29, 1.82) is 0 Å². The third kappa shape index (κ3) is 6.40. The largest absolute Gasteiger partial charge is 0.495 e. The number of alkyl halides is 3. The summed E-state index contributed by atoms with van der Waals surface area (Å²) in [4.78, 5) is 24.7. The van der Waals surface area contributed by atoms with Crippen molar-refractivity contribution < 1.29 is 32.2 Å². The van der Waals surface area contributed by atoms with Crippen LogP contribution in [-0.4, -0.2) is 62.5 Å². The minimum Gasteiger partial charge on any atom is -0.495 e. The predicted octanol–water partition coefficient (Wildman–Crippen LogP) is 6.12. The molecule has 250 valence electrons. The van der Waals surface area contributed by atoms with E-state index in [9.17, 15) is 23.1 Å². The number of hydrogen-bond donors (Lipinski definition) is 2. The molecular formula is C34H33F4N7O3. The van der Waals surface area contributed by atoms with Crippen LogP contribution in [0.2, 0.25) is 0 Å². The molecule has 14 heteroatoms. The zero-order chi connectivity index (χ0) is 34.2. The van der Waals surface area contributed by atoms with Crippen LogP contribution in [0.4, 0.5) is 34.8 Å². The maximum Gasteiger partial charge on any atom is 0.416 e. The first-order valence-corrected chi connectivity index (χ1v) is 15.3. The number of nitrogens with zero attached hydrogens (tertiary/aromatic N) is 6. The maximum atomic E-state index is 15.0. The number of benzene rings is 3. The van der Waals surface area contributed by atoms with Gasteiger partial charge in [-0.15, -0.1) is 0 Å². The number of aliphatic hydroxyl groups is 1. The van der Waals surface area contributed by atoms with E-state index < -0.39 is 23.5 Å². The van der Waals surface area contributed by atoms with Crippen molar-refractivity contribution in [2.45, 2.75) is 32.5 Å². The van der Waals surface area contributed by atoms with E-state index in [-0.39, 0.29) is 29.5 Å². The number of hydrogen-bond acceptors (Lipinski definition) is 8. The Hall–Kier alpha value is -5.08. The molecule has 1 unspecified atom stereocenters. The fraction of sp³-hybridized carbons (Fsp3) is 0.294. The Bertz CT molecular complexity index is 1960. The molecule has 1 fully saturated rings. The average Bonchev–Trinajstić information content (AvgIpc) is 3.46. The van der Waals surface area contributed by atoms with Crippen LogP contribution in [0.15, 0.2) is 67.0 Å². The van der Waals surface area contributed by atoms with Crippen LogP contribution in [0.25, 0.3) is 28.0 Å². The van der Waals surface area contributed by atoms with Crippen LogP contribution in [0.1, 0.15) is 30.9 Å². The molecule has 0 saturated carbocycles. The SMILES string of the molecule is COc1cc(-c2nn(-c3ccc(CN4CCCC(CO)C4)cc3)c3ncnc(N)c23)ccc1N(C(C)=O)c1ccc(C(F)(F)F)cc1F. The number of carbonyl (C=O) groups excluding carboxylic acids is 1. The van der Waals surface area contributed by atoms with Crippen LogP contribution in [0, 0.1) is 11.7 Å². The van der Waals surface area contributed by atoms with Crippen molar-refractivity contribution in [3.63, 3.8) is 0 Å². The Morgan fingerprint density at radius 3 is 2.50 bits per heavy atom. The van der Waals surface area contributed by atoms with E-state index in [2.05, 4.69) is 14.9 Å². The van der Waals surface area contributed by atoms with Gasteiger partial charge < -0.3 is 15.6 Å². The summed E-state index contributed by atoms with van der Waals surface area (Å²) in [7, 11) is 1.35. The van der Waals surface area contributed by atoms with E-state index in [4.69, 9.17) is 15.6 Å². The lowest BCUT2D eigenvalue weighted by molar-refractivity contribution is -0.137. The second kappa shape index (κ2) is 13.2. The molecule has 1 amide bonds. The summed E-state index contributed by atoms with van der Waals surface area (Å²) >= 11 is 0. The summed E-state index contributed by atoms with van der Waals surface area (Å²) in [5.74, 6) is -1.27. The fourth-order valence-electron chi connectivity index (χ4n) is 6.14. The molecule has 48 heavy (non-hydrogen) atoms. The number of ether oxygens (including phenoxy) is 1. The number of aliphatic hydroxyl groups excluding tert-OH is 1. The van der Waals surface area contributed by atoms with Gasteiger partial charge in [-0.25, -0.2) is 19.0 Å². The highest BCUT2D eigenvalue weighted by atomic mass is 19.4. The van der Waals surface area contributed by atoms with Crippen molar-refractivity contribution in [3.05, 3.63) is 83.9 Å². The number of likely N-dealkylation sites (tertiary alicyclic amines) is 1. The van der Waals surface area contributed by atoms with Gasteiger partial charge in [0.15, 0.2) is 5.65 Å². The van der Waals surface area contributed by atoms with E-state index in [1.165, 1.54) is 26.4 Å². The Morgan fingerprint density at radius 2 is 1.83 bits per heavy atom. The summed E-state index contributed by atoms with van der Waals surface area (Å²) in [6, 6.07) is 14.6. The molecule has 1 aliphatic heterocycles. The Balaban J connectivity index is 1.36. The molecule has 0 aliphatic carbocycles. The zero-order valence-corrected chi connectivity index (χ0v) is 26.2. The molecule has 3 aromatic carbocycles. The molecule has 0 spiro atoms. The second-order valence-electron chi connectivity index (χ2n) is 11.7. The van der Waals surface area contributed by atoms with Gasteiger partial charge in [0, 0.05) is 32.2 Å². The number of amides is 1. The highest BCUT2D eigenvalue weighted by Crippen LogP contribution is 2.41. The van der Waals surface area contributed by atoms with Gasteiger partial charge in [0.25, 0.3) is 0 Å². The molecule has 2 aromatic heterocycles. The summed E-state index contributed by atoms with van der Waals surface area (Å²) in [6.45, 7) is 3.95. The second-order valence-corrected chi connectivity index (χ2v) is 11.7. The number of nitrogens with two attached hydrogens (primary N) is 1. The number of nitrogen functional groups attached to an aromatic ring is 1. The van der Waals surface area contributed by atoms with Crippen LogP contribution >= 0.6 is 0 Å². The van der Waals surface area contributed by atoms with Gasteiger partial charge in [-0.1, -0.05) is 18.2 Å². The van der Waals surface area contributed by atoms with Crippen molar-refractivity contribution in [3.8, 4) is 22.7 Å². The van der Waals surface area contributed by atoms with E-state index in [1.54, 1.807) is 16.8 Å². The number of methoxy groups -OCH3 is 1. The first kappa shape index (κ1) is 32.8. The third-order valence-corrected chi connectivity index (χ3v) is 8.47. The molecule has 6 rings (SSSR count). The van der Waals surface area contributed by atoms with E-state index in [0.29, 0.717) is 40.3 Å². The first-order chi connectivity index (χ1) is 23.0. The molecular weight excluding hydrogens is 630 g/mol. The normalized spacial score (nSPS) is 15.5. The van der Waals surface area contributed by atoms with Gasteiger partial charge in [-0.3, -0.25) is 14.6 Å². The molecule has 0 bridgehead atoms. The smallest absolute Gasteiger partial charge is 0.416 e. The highest BCUT2D eigenvalue weighted by Gasteiger charge is 2.32. The summed E-state index contributed by atoms with van der Waals surface area (Å²) in [5, 5.41) is 14.9.